The molecule has 13 heavy (non-hydrogen) atoms. The zero-order valence-electron chi connectivity index (χ0n) is 8.72. The first-order valence-corrected chi connectivity index (χ1v) is 6.87. The molecular formula is C11H18S2. The quantitative estimate of drug-likeness (QED) is 0.645. The topological polar surface area (TPSA) is 0 Å². The lowest BCUT2D eigenvalue weighted by Gasteiger charge is -2.37. The predicted molar refractivity (Wildman–Crippen MR) is 64.5 cm³/mol. The van der Waals surface area contributed by atoms with Gasteiger partial charge in [-0.1, -0.05) is 26.1 Å². The van der Waals surface area contributed by atoms with Gasteiger partial charge in [0, 0.05) is 16.0 Å². The van der Waals surface area contributed by atoms with Gasteiger partial charge in [0.1, 0.15) is 0 Å². The van der Waals surface area contributed by atoms with E-state index in [0.29, 0.717) is 10.8 Å². The van der Waals surface area contributed by atoms with Crippen molar-refractivity contribution < 1.29 is 0 Å². The summed E-state index contributed by atoms with van der Waals surface area (Å²) in [5.74, 6) is 2.13. The lowest BCUT2D eigenvalue weighted by atomic mass is 9.71. The third kappa shape index (κ3) is 1.08. The van der Waals surface area contributed by atoms with E-state index < -0.39 is 0 Å². The van der Waals surface area contributed by atoms with Gasteiger partial charge in [0.25, 0.3) is 0 Å². The second-order valence-corrected chi connectivity index (χ2v) is 6.46. The molecule has 2 aliphatic carbocycles. The van der Waals surface area contributed by atoms with Crippen LogP contribution >= 0.6 is 24.0 Å². The van der Waals surface area contributed by atoms with E-state index in [1.165, 1.54) is 29.9 Å². The van der Waals surface area contributed by atoms with Crippen LogP contribution in [0.1, 0.15) is 33.1 Å². The van der Waals surface area contributed by atoms with Crippen LogP contribution in [-0.2, 0) is 0 Å². The van der Waals surface area contributed by atoms with Crippen LogP contribution in [0.4, 0.5) is 0 Å². The molecule has 0 N–H and O–H groups in total. The molecule has 0 heterocycles. The summed E-state index contributed by atoms with van der Waals surface area (Å²) in [5, 5.41) is 0. The number of hydrogen-bond donors (Lipinski definition) is 0. The molecule has 2 rings (SSSR count). The van der Waals surface area contributed by atoms with Gasteiger partial charge < -0.3 is 0 Å². The first-order chi connectivity index (χ1) is 6.04. The van der Waals surface area contributed by atoms with Crippen LogP contribution in [0.2, 0.25) is 0 Å². The standard InChI is InChI=1S/C11H18S2/c1-10(2)8-4-5-11(10,7-13-3)9(12)6-8/h8H,4-7H2,1-3H3/t8-,11-/m1/s1. The van der Waals surface area contributed by atoms with E-state index in [2.05, 4.69) is 20.1 Å². The van der Waals surface area contributed by atoms with Gasteiger partial charge in [-0.3, -0.25) is 0 Å². The minimum Gasteiger partial charge on any atom is -0.164 e. The molecule has 0 aromatic heterocycles. The van der Waals surface area contributed by atoms with Crippen molar-refractivity contribution in [1.29, 1.82) is 0 Å². The lowest BCUT2D eigenvalue weighted by Crippen LogP contribution is -2.37. The van der Waals surface area contributed by atoms with Crippen LogP contribution in [-0.4, -0.2) is 16.9 Å². The van der Waals surface area contributed by atoms with E-state index in [4.69, 9.17) is 12.2 Å². The first-order valence-electron chi connectivity index (χ1n) is 5.07. The number of thioether (sulfide) groups is 1. The minimum absolute atomic E-state index is 0.409. The lowest BCUT2D eigenvalue weighted by molar-refractivity contribution is 0.199. The molecule has 0 unspecified atom stereocenters. The fourth-order valence-electron chi connectivity index (χ4n) is 3.35. The van der Waals surface area contributed by atoms with E-state index >= 15 is 0 Å². The Hall–Kier alpha value is 0.440. The first kappa shape index (κ1) is 9.97. The van der Waals surface area contributed by atoms with Gasteiger partial charge in [0.05, 0.1) is 0 Å². The highest BCUT2D eigenvalue weighted by molar-refractivity contribution is 7.98. The van der Waals surface area contributed by atoms with Crippen molar-refractivity contribution in [2.45, 2.75) is 33.1 Å². The van der Waals surface area contributed by atoms with E-state index in [9.17, 15) is 0 Å². The van der Waals surface area contributed by atoms with Gasteiger partial charge in [-0.15, -0.1) is 0 Å². The zero-order chi connectivity index (χ0) is 9.69. The van der Waals surface area contributed by atoms with Gasteiger partial charge in [0.2, 0.25) is 0 Å². The Bertz CT molecular complexity index is 244. The van der Waals surface area contributed by atoms with Crippen molar-refractivity contribution in [2.24, 2.45) is 16.7 Å². The molecule has 2 aliphatic rings. The van der Waals surface area contributed by atoms with Gasteiger partial charge >= 0.3 is 0 Å². The maximum Gasteiger partial charge on any atom is 0.0161 e. The molecule has 2 heteroatoms. The van der Waals surface area contributed by atoms with Crippen molar-refractivity contribution in [2.75, 3.05) is 12.0 Å². The van der Waals surface area contributed by atoms with Crippen molar-refractivity contribution >= 4 is 28.8 Å². The monoisotopic (exact) mass is 214 g/mol. The molecule has 2 fully saturated rings. The number of fused-ring (bicyclic) bond motifs is 2. The fraction of sp³-hybridized carbons (Fsp3) is 0.909. The highest BCUT2D eigenvalue weighted by atomic mass is 32.2. The Labute approximate surface area is 90.9 Å². The fourth-order valence-corrected chi connectivity index (χ4v) is 5.27. The number of rotatable bonds is 2. The van der Waals surface area contributed by atoms with Gasteiger partial charge in [-0.05, 0) is 36.9 Å². The molecule has 2 bridgehead atoms. The summed E-state index contributed by atoms with van der Waals surface area (Å²) >= 11 is 7.55. The van der Waals surface area contributed by atoms with Gasteiger partial charge in [-0.2, -0.15) is 11.8 Å². The molecule has 2 atom stereocenters. The Morgan fingerprint density at radius 2 is 2.23 bits per heavy atom. The molecule has 74 valence electrons. The van der Waals surface area contributed by atoms with Crippen LogP contribution in [0.15, 0.2) is 0 Å². The van der Waals surface area contributed by atoms with Crippen LogP contribution in [0.5, 0.6) is 0 Å². The predicted octanol–water partition coefficient (Wildman–Crippen LogP) is 3.55. The molecule has 0 aromatic carbocycles. The van der Waals surface area contributed by atoms with Crippen molar-refractivity contribution in [3.8, 4) is 0 Å². The molecular weight excluding hydrogens is 196 g/mol. The third-order valence-electron chi connectivity index (χ3n) is 4.53. The third-order valence-corrected chi connectivity index (χ3v) is 5.87. The second-order valence-electron chi connectivity index (χ2n) is 5.10. The summed E-state index contributed by atoms with van der Waals surface area (Å²) in [7, 11) is 0. The molecule has 0 amide bonds. The average Bonchev–Trinajstić information content (AvgIpc) is 2.38. The van der Waals surface area contributed by atoms with Crippen molar-refractivity contribution in [1.82, 2.24) is 0 Å². The van der Waals surface area contributed by atoms with E-state index in [1.54, 1.807) is 0 Å². The zero-order valence-corrected chi connectivity index (χ0v) is 10.4. The SMILES string of the molecule is CSC[C@]12CC[C@H](CC1=S)C2(C)C. The Kier molecular flexibility index (Phi) is 2.27. The molecule has 0 radical (unpaired) electrons. The summed E-state index contributed by atoms with van der Waals surface area (Å²) < 4.78 is 0. The molecule has 0 spiro atoms. The Morgan fingerprint density at radius 3 is 2.62 bits per heavy atom. The number of thiocarbonyl (C=S) groups is 1. The second kappa shape index (κ2) is 2.96. The Morgan fingerprint density at radius 1 is 1.54 bits per heavy atom. The highest BCUT2D eigenvalue weighted by Gasteiger charge is 2.61. The summed E-state index contributed by atoms with van der Waals surface area (Å²) in [6.07, 6.45) is 6.19. The minimum atomic E-state index is 0.409. The van der Waals surface area contributed by atoms with E-state index in [-0.39, 0.29) is 0 Å². The largest absolute Gasteiger partial charge is 0.164 e. The summed E-state index contributed by atoms with van der Waals surface area (Å²) in [6, 6.07) is 0. The smallest absolute Gasteiger partial charge is 0.0161 e. The Balaban J connectivity index is 2.37. The summed E-state index contributed by atoms with van der Waals surface area (Å²) in [5.41, 5.74) is 0.888. The van der Waals surface area contributed by atoms with Crippen LogP contribution < -0.4 is 0 Å². The normalized spacial score (nSPS) is 41.5. The van der Waals surface area contributed by atoms with Gasteiger partial charge in [-0.25, -0.2) is 0 Å². The maximum atomic E-state index is 5.58. The molecule has 0 saturated heterocycles. The molecule has 2 saturated carbocycles. The summed E-state index contributed by atoms with van der Waals surface area (Å²) in [6.45, 7) is 4.86. The molecule has 0 aliphatic heterocycles. The summed E-state index contributed by atoms with van der Waals surface area (Å²) in [4.78, 5) is 1.38. The van der Waals surface area contributed by atoms with Crippen LogP contribution in [0.3, 0.4) is 0 Å². The molecule has 0 aromatic rings. The van der Waals surface area contributed by atoms with Crippen molar-refractivity contribution in [3.63, 3.8) is 0 Å². The molecule has 0 nitrogen and oxygen atoms in total. The maximum absolute atomic E-state index is 5.58. The van der Waals surface area contributed by atoms with E-state index in [0.717, 1.165) is 5.92 Å². The van der Waals surface area contributed by atoms with Crippen LogP contribution in [0.25, 0.3) is 0 Å². The van der Waals surface area contributed by atoms with Gasteiger partial charge in [0.15, 0.2) is 0 Å². The highest BCUT2D eigenvalue weighted by Crippen LogP contribution is 2.65. The number of hydrogen-bond acceptors (Lipinski definition) is 2. The van der Waals surface area contributed by atoms with Crippen molar-refractivity contribution in [3.05, 3.63) is 0 Å². The van der Waals surface area contributed by atoms with E-state index in [1.807, 2.05) is 11.8 Å². The van der Waals surface area contributed by atoms with Crippen LogP contribution in [0, 0.1) is 16.7 Å². The average molecular weight is 214 g/mol.